The van der Waals surface area contributed by atoms with Gasteiger partial charge in [-0.2, -0.15) is 0 Å². The summed E-state index contributed by atoms with van der Waals surface area (Å²) in [5, 5.41) is 11.9. The molecule has 0 radical (unpaired) electrons. The Morgan fingerprint density at radius 3 is 2.61 bits per heavy atom. The highest BCUT2D eigenvalue weighted by Gasteiger charge is 2.11. The minimum atomic E-state index is -1.09. The fourth-order valence-corrected chi connectivity index (χ4v) is 1.50. The average molecular weight is 244 g/mol. The van der Waals surface area contributed by atoms with E-state index >= 15 is 0 Å². The van der Waals surface area contributed by atoms with Crippen molar-refractivity contribution in [1.82, 2.24) is 15.0 Å². The highest BCUT2D eigenvalue weighted by Crippen LogP contribution is 2.08. The van der Waals surface area contributed by atoms with Gasteiger partial charge in [0.25, 0.3) is 0 Å². The van der Waals surface area contributed by atoms with Gasteiger partial charge in [-0.25, -0.2) is 14.8 Å². The van der Waals surface area contributed by atoms with Crippen molar-refractivity contribution in [1.29, 1.82) is 0 Å². The molecule has 0 fully saturated rings. The van der Waals surface area contributed by atoms with Crippen LogP contribution in [-0.2, 0) is 6.42 Å². The Morgan fingerprint density at radius 2 is 1.89 bits per heavy atom. The maximum absolute atomic E-state index is 10.9. The van der Waals surface area contributed by atoms with E-state index in [2.05, 4.69) is 20.3 Å². The molecule has 2 aromatic rings. The number of aromatic carboxylic acids is 1. The molecule has 92 valence electrons. The first-order valence-corrected chi connectivity index (χ1v) is 5.44. The van der Waals surface area contributed by atoms with E-state index in [0.717, 1.165) is 12.0 Å². The Bertz CT molecular complexity index is 531. The number of hydrogen-bond donors (Lipinski definition) is 2. The highest BCUT2D eigenvalue weighted by molar-refractivity contribution is 5.90. The molecule has 0 saturated carbocycles. The number of carboxylic acids is 1. The fourth-order valence-electron chi connectivity index (χ4n) is 1.50. The molecule has 2 aromatic heterocycles. The third kappa shape index (κ3) is 3.00. The summed E-state index contributed by atoms with van der Waals surface area (Å²) in [5.41, 5.74) is 1.06. The minimum absolute atomic E-state index is 0.0628. The van der Waals surface area contributed by atoms with E-state index in [1.165, 1.54) is 12.4 Å². The van der Waals surface area contributed by atoms with Crippen LogP contribution in [0.1, 0.15) is 16.1 Å². The van der Waals surface area contributed by atoms with Gasteiger partial charge in [0, 0.05) is 31.3 Å². The van der Waals surface area contributed by atoms with Gasteiger partial charge >= 0.3 is 5.97 Å². The monoisotopic (exact) mass is 244 g/mol. The number of aromatic nitrogens is 3. The van der Waals surface area contributed by atoms with Crippen LogP contribution < -0.4 is 5.32 Å². The molecule has 0 atom stereocenters. The lowest BCUT2D eigenvalue weighted by molar-refractivity contribution is 0.0691. The molecule has 18 heavy (non-hydrogen) atoms. The molecule has 0 bridgehead atoms. The fraction of sp³-hybridized carbons (Fsp3) is 0.167. The molecule has 0 spiro atoms. The third-order valence-corrected chi connectivity index (χ3v) is 2.36. The smallest absolute Gasteiger partial charge is 0.358 e. The van der Waals surface area contributed by atoms with E-state index in [1.54, 1.807) is 12.4 Å². The summed E-state index contributed by atoms with van der Waals surface area (Å²) in [6.07, 6.45) is 7.03. The third-order valence-electron chi connectivity index (χ3n) is 2.36. The van der Waals surface area contributed by atoms with Gasteiger partial charge in [0.05, 0.1) is 0 Å². The summed E-state index contributed by atoms with van der Waals surface area (Å²) in [7, 11) is 0. The van der Waals surface area contributed by atoms with Crippen LogP contribution in [-0.4, -0.2) is 32.6 Å². The van der Waals surface area contributed by atoms with Gasteiger partial charge in [-0.05, 0) is 24.1 Å². The normalized spacial score (nSPS) is 10.0. The molecule has 0 amide bonds. The van der Waals surface area contributed by atoms with Crippen molar-refractivity contribution < 1.29 is 9.90 Å². The summed E-state index contributed by atoms with van der Waals surface area (Å²) in [6, 6.07) is 3.83. The molecule has 2 N–H and O–H groups in total. The number of anilines is 1. The largest absolute Gasteiger partial charge is 0.476 e. The van der Waals surface area contributed by atoms with Crippen LogP contribution in [0.3, 0.4) is 0 Å². The van der Waals surface area contributed by atoms with Gasteiger partial charge in [0.15, 0.2) is 11.5 Å². The maximum atomic E-state index is 10.9. The Labute approximate surface area is 104 Å². The molecule has 0 aliphatic rings. The molecule has 6 nitrogen and oxygen atoms in total. The lowest BCUT2D eigenvalue weighted by Gasteiger charge is -2.07. The van der Waals surface area contributed by atoms with E-state index < -0.39 is 5.97 Å². The van der Waals surface area contributed by atoms with Crippen LogP contribution in [0.5, 0.6) is 0 Å². The van der Waals surface area contributed by atoms with Gasteiger partial charge in [0.2, 0.25) is 0 Å². The zero-order chi connectivity index (χ0) is 12.8. The molecule has 2 rings (SSSR count). The first-order chi connectivity index (χ1) is 8.77. The molecule has 6 heteroatoms. The predicted molar refractivity (Wildman–Crippen MR) is 65.4 cm³/mol. The zero-order valence-electron chi connectivity index (χ0n) is 9.58. The Morgan fingerprint density at radius 1 is 1.17 bits per heavy atom. The van der Waals surface area contributed by atoms with Gasteiger partial charge in [-0.3, -0.25) is 4.98 Å². The second kappa shape index (κ2) is 5.72. The highest BCUT2D eigenvalue weighted by atomic mass is 16.4. The van der Waals surface area contributed by atoms with Crippen molar-refractivity contribution in [2.45, 2.75) is 6.42 Å². The van der Waals surface area contributed by atoms with Gasteiger partial charge < -0.3 is 10.4 Å². The minimum Gasteiger partial charge on any atom is -0.476 e. The lowest BCUT2D eigenvalue weighted by Crippen LogP contribution is -2.12. The second-order valence-electron chi connectivity index (χ2n) is 3.59. The van der Waals surface area contributed by atoms with Gasteiger partial charge in [0.1, 0.15) is 0 Å². The van der Waals surface area contributed by atoms with E-state index in [9.17, 15) is 4.79 Å². The Balaban J connectivity index is 1.97. The first-order valence-electron chi connectivity index (χ1n) is 5.44. The molecular formula is C12H12N4O2. The number of nitrogens with one attached hydrogen (secondary N) is 1. The molecule has 0 aliphatic carbocycles. The Hall–Kier alpha value is -2.50. The van der Waals surface area contributed by atoms with Crippen LogP contribution in [0.15, 0.2) is 36.9 Å². The number of carbonyl (C=O) groups is 1. The average Bonchev–Trinajstić information content (AvgIpc) is 2.40. The zero-order valence-corrected chi connectivity index (χ0v) is 9.58. The van der Waals surface area contributed by atoms with Crippen molar-refractivity contribution in [3.05, 3.63) is 48.2 Å². The maximum Gasteiger partial charge on any atom is 0.358 e. The molecular weight excluding hydrogens is 232 g/mol. The number of pyridine rings is 1. The van der Waals surface area contributed by atoms with E-state index in [4.69, 9.17) is 5.11 Å². The lowest BCUT2D eigenvalue weighted by atomic mass is 10.2. The predicted octanol–water partition coefficient (Wildman–Crippen LogP) is 1.22. The standard InChI is InChI=1S/C12H12N4O2/c17-12(18)10-11(16-8-7-14-10)15-6-3-9-1-4-13-5-2-9/h1-2,4-5,7-8H,3,6H2,(H,15,16)(H,17,18). The first kappa shape index (κ1) is 12.0. The van der Waals surface area contributed by atoms with Crippen molar-refractivity contribution in [2.24, 2.45) is 0 Å². The van der Waals surface area contributed by atoms with E-state index in [0.29, 0.717) is 12.4 Å². The van der Waals surface area contributed by atoms with Crippen LogP contribution in [0.25, 0.3) is 0 Å². The summed E-state index contributed by atoms with van der Waals surface area (Å²) >= 11 is 0. The van der Waals surface area contributed by atoms with Crippen LogP contribution in [0, 0.1) is 0 Å². The quantitative estimate of drug-likeness (QED) is 0.822. The van der Waals surface area contributed by atoms with E-state index in [1.807, 2.05) is 12.1 Å². The van der Waals surface area contributed by atoms with Crippen molar-refractivity contribution in [2.75, 3.05) is 11.9 Å². The van der Waals surface area contributed by atoms with Crippen LogP contribution >= 0.6 is 0 Å². The summed E-state index contributed by atoms with van der Waals surface area (Å²) < 4.78 is 0. The van der Waals surface area contributed by atoms with Crippen molar-refractivity contribution >= 4 is 11.8 Å². The molecule has 0 saturated heterocycles. The topological polar surface area (TPSA) is 88.0 Å². The van der Waals surface area contributed by atoms with Crippen LogP contribution in [0.2, 0.25) is 0 Å². The van der Waals surface area contributed by atoms with E-state index in [-0.39, 0.29) is 5.69 Å². The van der Waals surface area contributed by atoms with Gasteiger partial charge in [-0.1, -0.05) is 0 Å². The molecule has 2 heterocycles. The summed E-state index contributed by atoms with van der Waals surface area (Å²) in [6.45, 7) is 0.586. The molecule has 0 aliphatic heterocycles. The second-order valence-corrected chi connectivity index (χ2v) is 3.59. The van der Waals surface area contributed by atoms with Crippen molar-refractivity contribution in [3.8, 4) is 0 Å². The molecule has 0 aromatic carbocycles. The SMILES string of the molecule is O=C(O)c1nccnc1NCCc1ccncc1. The summed E-state index contributed by atoms with van der Waals surface area (Å²) in [4.78, 5) is 22.6. The van der Waals surface area contributed by atoms with Gasteiger partial charge in [-0.15, -0.1) is 0 Å². The van der Waals surface area contributed by atoms with Crippen LogP contribution in [0.4, 0.5) is 5.82 Å². The summed E-state index contributed by atoms with van der Waals surface area (Å²) in [5.74, 6) is -0.798. The number of carboxylic acid groups (broad SMARTS) is 1. The molecule has 0 unspecified atom stereocenters. The Kier molecular flexibility index (Phi) is 3.80. The number of hydrogen-bond acceptors (Lipinski definition) is 5. The van der Waals surface area contributed by atoms with Crippen molar-refractivity contribution in [3.63, 3.8) is 0 Å². The number of rotatable bonds is 5. The number of nitrogens with zero attached hydrogens (tertiary/aromatic N) is 3.